The number of pyridine rings is 1. The van der Waals surface area contributed by atoms with Gasteiger partial charge in [0.1, 0.15) is 11.2 Å². The quantitative estimate of drug-likeness (QED) is 0.368. The van der Waals surface area contributed by atoms with Crippen LogP contribution in [0.3, 0.4) is 0 Å². The third-order valence-electron chi connectivity index (χ3n) is 4.53. The molecule has 0 aliphatic rings. The molecule has 3 nitrogen and oxygen atoms in total. The summed E-state index contributed by atoms with van der Waals surface area (Å²) in [5.41, 5.74) is 5.04. The van der Waals surface area contributed by atoms with Crippen molar-refractivity contribution in [1.82, 2.24) is 9.97 Å². The molecule has 0 unspecified atom stereocenters. The lowest BCUT2D eigenvalue weighted by Gasteiger charge is -2.05. The van der Waals surface area contributed by atoms with Gasteiger partial charge in [-0.25, -0.2) is 9.97 Å². The van der Waals surface area contributed by atoms with Crippen LogP contribution in [0.1, 0.15) is 51.8 Å². The molecule has 0 fully saturated rings. The van der Waals surface area contributed by atoms with E-state index in [1.807, 2.05) is 6.07 Å². The minimum atomic E-state index is 0.624. The number of hydrogen-bond donors (Lipinski definition) is 0. The predicted octanol–water partition coefficient (Wildman–Crippen LogP) is 6.67. The van der Waals surface area contributed by atoms with E-state index in [0.717, 1.165) is 48.2 Å². The SMILES string of the molecule is CC(C)CCc1cccc(-c2nc3c(CCC(C)C)cc(I)cc3o2)n1. The van der Waals surface area contributed by atoms with E-state index in [4.69, 9.17) is 14.4 Å². The third kappa shape index (κ3) is 4.84. The number of aromatic nitrogens is 2. The van der Waals surface area contributed by atoms with Crippen molar-refractivity contribution >= 4 is 33.7 Å². The van der Waals surface area contributed by atoms with Gasteiger partial charge in [-0.2, -0.15) is 0 Å². The maximum Gasteiger partial charge on any atom is 0.246 e. The van der Waals surface area contributed by atoms with Gasteiger partial charge in [0.25, 0.3) is 0 Å². The van der Waals surface area contributed by atoms with Crippen molar-refractivity contribution < 1.29 is 4.42 Å². The molecule has 0 N–H and O–H groups in total. The minimum absolute atomic E-state index is 0.624. The van der Waals surface area contributed by atoms with Crippen molar-refractivity contribution in [2.24, 2.45) is 11.8 Å². The van der Waals surface area contributed by atoms with Gasteiger partial charge in [0, 0.05) is 9.26 Å². The highest BCUT2D eigenvalue weighted by molar-refractivity contribution is 14.1. The summed E-state index contributed by atoms with van der Waals surface area (Å²) in [4.78, 5) is 9.58. The fraction of sp³-hybridized carbons (Fsp3) is 0.455. The first kappa shape index (κ1) is 19.3. The molecule has 0 radical (unpaired) electrons. The van der Waals surface area contributed by atoms with Gasteiger partial charge >= 0.3 is 0 Å². The molecule has 26 heavy (non-hydrogen) atoms. The van der Waals surface area contributed by atoms with Crippen LogP contribution in [0.2, 0.25) is 0 Å². The van der Waals surface area contributed by atoms with Crippen molar-refractivity contribution in [2.45, 2.75) is 53.4 Å². The van der Waals surface area contributed by atoms with Crippen molar-refractivity contribution in [3.05, 3.63) is 45.2 Å². The molecule has 4 heteroatoms. The Bertz CT molecular complexity index is 883. The van der Waals surface area contributed by atoms with E-state index in [9.17, 15) is 0 Å². The lowest BCUT2D eigenvalue weighted by atomic mass is 10.0. The van der Waals surface area contributed by atoms with Gasteiger partial charge in [-0.05, 0) is 89.9 Å². The lowest BCUT2D eigenvalue weighted by Crippen LogP contribution is -1.96. The second kappa shape index (κ2) is 8.51. The molecule has 0 atom stereocenters. The van der Waals surface area contributed by atoms with Crippen LogP contribution in [0.25, 0.3) is 22.7 Å². The highest BCUT2D eigenvalue weighted by Crippen LogP contribution is 2.29. The van der Waals surface area contributed by atoms with Crippen molar-refractivity contribution in [1.29, 1.82) is 0 Å². The first-order valence-corrected chi connectivity index (χ1v) is 10.6. The highest BCUT2D eigenvalue weighted by atomic mass is 127. The van der Waals surface area contributed by atoms with Crippen molar-refractivity contribution in [3.63, 3.8) is 0 Å². The number of nitrogens with zero attached hydrogens (tertiary/aromatic N) is 2. The summed E-state index contributed by atoms with van der Waals surface area (Å²) in [5, 5.41) is 0. The number of oxazole rings is 1. The topological polar surface area (TPSA) is 38.9 Å². The standard InChI is InChI=1S/C22H27IN2O/c1-14(2)8-10-16-12-17(23)13-20-21(16)25-22(26-20)19-7-5-6-18(24-19)11-9-15(3)4/h5-7,12-15H,8-11H2,1-4H3. The summed E-state index contributed by atoms with van der Waals surface area (Å²) < 4.78 is 7.27. The molecular formula is C22H27IN2O. The van der Waals surface area contributed by atoms with Gasteiger partial charge in [-0.3, -0.25) is 0 Å². The molecule has 3 aromatic rings. The van der Waals surface area contributed by atoms with Gasteiger partial charge in [-0.1, -0.05) is 33.8 Å². The van der Waals surface area contributed by atoms with Crippen LogP contribution in [-0.2, 0) is 12.8 Å². The Morgan fingerprint density at radius 3 is 2.42 bits per heavy atom. The van der Waals surface area contributed by atoms with Crippen molar-refractivity contribution in [3.8, 4) is 11.6 Å². The maximum absolute atomic E-state index is 6.08. The molecule has 2 aromatic heterocycles. The Morgan fingerprint density at radius 2 is 1.69 bits per heavy atom. The first-order chi connectivity index (χ1) is 12.4. The van der Waals surface area contributed by atoms with Gasteiger partial charge in [0.15, 0.2) is 5.58 Å². The van der Waals surface area contributed by atoms with Gasteiger partial charge in [0.05, 0.1) is 0 Å². The van der Waals surface area contributed by atoms with Gasteiger partial charge < -0.3 is 4.42 Å². The number of fused-ring (bicyclic) bond motifs is 1. The summed E-state index contributed by atoms with van der Waals surface area (Å²) in [7, 11) is 0. The zero-order chi connectivity index (χ0) is 18.7. The second-order valence-corrected chi connectivity index (χ2v) is 9.06. The van der Waals surface area contributed by atoms with E-state index in [1.54, 1.807) is 0 Å². The predicted molar refractivity (Wildman–Crippen MR) is 116 cm³/mol. The zero-order valence-electron chi connectivity index (χ0n) is 16.1. The van der Waals surface area contributed by atoms with Crippen LogP contribution >= 0.6 is 22.6 Å². The number of aryl methyl sites for hydroxylation is 2. The molecule has 2 heterocycles. The van der Waals surface area contributed by atoms with E-state index in [1.165, 1.54) is 9.13 Å². The second-order valence-electron chi connectivity index (χ2n) is 7.81. The number of rotatable bonds is 7. The average Bonchev–Trinajstić information content (AvgIpc) is 3.02. The van der Waals surface area contributed by atoms with Crippen LogP contribution in [0.5, 0.6) is 0 Å². The monoisotopic (exact) mass is 462 g/mol. The van der Waals surface area contributed by atoms with Crippen LogP contribution < -0.4 is 0 Å². The lowest BCUT2D eigenvalue weighted by molar-refractivity contribution is 0.580. The van der Waals surface area contributed by atoms with E-state index in [-0.39, 0.29) is 0 Å². The molecule has 0 aliphatic carbocycles. The molecule has 0 bridgehead atoms. The van der Waals surface area contributed by atoms with E-state index >= 15 is 0 Å². The van der Waals surface area contributed by atoms with Crippen molar-refractivity contribution in [2.75, 3.05) is 0 Å². The largest absolute Gasteiger partial charge is 0.435 e. The Labute approximate surface area is 169 Å². The Morgan fingerprint density at radius 1 is 0.962 bits per heavy atom. The first-order valence-electron chi connectivity index (χ1n) is 9.47. The number of benzene rings is 1. The molecule has 3 rings (SSSR count). The van der Waals surface area contributed by atoms with E-state index in [0.29, 0.717) is 17.7 Å². The molecule has 138 valence electrons. The molecule has 0 amide bonds. The normalized spacial score (nSPS) is 11.8. The van der Waals surface area contributed by atoms with Gasteiger partial charge in [-0.15, -0.1) is 0 Å². The highest BCUT2D eigenvalue weighted by Gasteiger charge is 2.14. The molecule has 0 saturated heterocycles. The molecule has 1 aromatic carbocycles. The molecule has 0 aliphatic heterocycles. The zero-order valence-corrected chi connectivity index (χ0v) is 18.2. The van der Waals surface area contributed by atoms with Crippen LogP contribution in [0.4, 0.5) is 0 Å². The Kier molecular flexibility index (Phi) is 6.33. The molecular weight excluding hydrogens is 435 g/mol. The summed E-state index contributed by atoms with van der Waals surface area (Å²) >= 11 is 2.35. The summed E-state index contributed by atoms with van der Waals surface area (Å²) in [5.74, 6) is 1.98. The smallest absolute Gasteiger partial charge is 0.246 e. The number of hydrogen-bond acceptors (Lipinski definition) is 3. The fourth-order valence-corrected chi connectivity index (χ4v) is 3.64. The van der Waals surface area contributed by atoms with E-state index in [2.05, 4.69) is 74.6 Å². The Balaban J connectivity index is 1.93. The van der Waals surface area contributed by atoms with Crippen LogP contribution in [0, 0.1) is 15.4 Å². The Hall–Kier alpha value is -1.43. The molecule has 0 spiro atoms. The summed E-state index contributed by atoms with van der Waals surface area (Å²) in [6.07, 6.45) is 4.31. The van der Waals surface area contributed by atoms with Crippen LogP contribution in [0.15, 0.2) is 34.7 Å². The van der Waals surface area contributed by atoms with E-state index < -0.39 is 0 Å². The fourth-order valence-electron chi connectivity index (χ4n) is 2.98. The minimum Gasteiger partial charge on any atom is -0.435 e. The summed E-state index contributed by atoms with van der Waals surface area (Å²) in [6.45, 7) is 8.99. The van der Waals surface area contributed by atoms with Gasteiger partial charge in [0.2, 0.25) is 5.89 Å². The number of halogens is 1. The van der Waals surface area contributed by atoms with Crippen LogP contribution in [-0.4, -0.2) is 9.97 Å². The third-order valence-corrected chi connectivity index (χ3v) is 5.16. The average molecular weight is 462 g/mol. The maximum atomic E-state index is 6.08. The molecule has 0 saturated carbocycles. The summed E-state index contributed by atoms with van der Waals surface area (Å²) in [6, 6.07) is 10.4.